The summed E-state index contributed by atoms with van der Waals surface area (Å²) in [5.41, 5.74) is 6.17. The van der Waals surface area contributed by atoms with Crippen LogP contribution < -0.4 is 5.73 Å². The van der Waals surface area contributed by atoms with Gasteiger partial charge in [-0.2, -0.15) is 0 Å². The molecule has 0 amide bonds. The van der Waals surface area contributed by atoms with Crippen LogP contribution in [0.25, 0.3) is 0 Å². The molecule has 2 heteroatoms. The van der Waals surface area contributed by atoms with Crippen molar-refractivity contribution in [3.8, 4) is 0 Å². The number of hydrogen-bond donors (Lipinski definition) is 2. The van der Waals surface area contributed by atoms with E-state index in [1.807, 2.05) is 0 Å². The fourth-order valence-electron chi connectivity index (χ4n) is 2.26. The van der Waals surface area contributed by atoms with Crippen molar-refractivity contribution in [1.82, 2.24) is 0 Å². The van der Waals surface area contributed by atoms with Crippen molar-refractivity contribution in [2.75, 3.05) is 0 Å². The molecule has 2 aliphatic carbocycles. The lowest BCUT2D eigenvalue weighted by Gasteiger charge is -2.25. The van der Waals surface area contributed by atoms with Gasteiger partial charge in [-0.05, 0) is 31.1 Å². The minimum Gasteiger partial charge on any atom is -0.393 e. The van der Waals surface area contributed by atoms with Gasteiger partial charge in [0.1, 0.15) is 0 Å². The van der Waals surface area contributed by atoms with E-state index < -0.39 is 0 Å². The highest BCUT2D eigenvalue weighted by Crippen LogP contribution is 2.54. The molecule has 0 heterocycles. The number of aliphatic hydroxyl groups excluding tert-OH is 1. The largest absolute Gasteiger partial charge is 0.393 e. The summed E-state index contributed by atoms with van der Waals surface area (Å²) in [5, 5.41) is 9.35. The van der Waals surface area contributed by atoms with E-state index in [1.54, 1.807) is 0 Å². The Balaban J connectivity index is 1.99. The maximum absolute atomic E-state index is 9.35. The Labute approximate surface area is 61.4 Å². The van der Waals surface area contributed by atoms with Crippen LogP contribution in [0.4, 0.5) is 0 Å². The molecule has 0 radical (unpaired) electrons. The molecule has 2 aliphatic rings. The van der Waals surface area contributed by atoms with E-state index in [1.165, 1.54) is 12.8 Å². The first-order chi connectivity index (χ1) is 4.73. The van der Waals surface area contributed by atoms with Crippen LogP contribution in [0.2, 0.25) is 0 Å². The summed E-state index contributed by atoms with van der Waals surface area (Å²) in [4.78, 5) is 0. The molecule has 3 atom stereocenters. The second kappa shape index (κ2) is 1.95. The lowest BCUT2D eigenvalue weighted by Crippen LogP contribution is -2.25. The van der Waals surface area contributed by atoms with Gasteiger partial charge >= 0.3 is 0 Å². The van der Waals surface area contributed by atoms with Gasteiger partial charge in [0, 0.05) is 6.04 Å². The topological polar surface area (TPSA) is 46.2 Å². The highest BCUT2D eigenvalue weighted by molar-refractivity contribution is 5.08. The first kappa shape index (κ1) is 6.62. The second-order valence-corrected chi connectivity index (χ2v) is 3.92. The molecule has 2 saturated carbocycles. The van der Waals surface area contributed by atoms with E-state index in [9.17, 15) is 5.11 Å². The van der Waals surface area contributed by atoms with E-state index in [4.69, 9.17) is 5.73 Å². The fourth-order valence-corrected chi connectivity index (χ4v) is 2.26. The van der Waals surface area contributed by atoms with Crippen LogP contribution >= 0.6 is 0 Å². The van der Waals surface area contributed by atoms with Crippen molar-refractivity contribution in [2.45, 2.75) is 44.2 Å². The minimum atomic E-state index is -0.0534. The van der Waals surface area contributed by atoms with Crippen LogP contribution in [0.5, 0.6) is 0 Å². The molecule has 2 rings (SSSR count). The monoisotopic (exact) mass is 141 g/mol. The van der Waals surface area contributed by atoms with E-state index in [-0.39, 0.29) is 6.10 Å². The van der Waals surface area contributed by atoms with Crippen LogP contribution in [0.15, 0.2) is 0 Å². The average molecular weight is 141 g/mol. The zero-order valence-corrected chi connectivity index (χ0v) is 6.21. The molecule has 2 nitrogen and oxygen atoms in total. The molecular formula is C8H15NO. The van der Waals surface area contributed by atoms with Crippen molar-refractivity contribution >= 4 is 0 Å². The summed E-state index contributed by atoms with van der Waals surface area (Å²) < 4.78 is 0. The van der Waals surface area contributed by atoms with Crippen LogP contribution in [0.1, 0.15) is 32.1 Å². The Morgan fingerprint density at radius 3 is 2.50 bits per heavy atom. The maximum Gasteiger partial charge on any atom is 0.0546 e. The summed E-state index contributed by atoms with van der Waals surface area (Å²) in [5.74, 6) is 0. The average Bonchev–Trinajstić information content (AvgIpc) is 2.41. The Hall–Kier alpha value is -0.0800. The van der Waals surface area contributed by atoms with Crippen molar-refractivity contribution in [2.24, 2.45) is 11.1 Å². The predicted octanol–water partition coefficient (Wildman–Crippen LogP) is 0.639. The number of nitrogens with two attached hydrogens (primary N) is 1. The summed E-state index contributed by atoms with van der Waals surface area (Å²) in [6.45, 7) is 0. The van der Waals surface area contributed by atoms with Crippen LogP contribution in [0.3, 0.4) is 0 Å². The van der Waals surface area contributed by atoms with Crippen LogP contribution in [0, 0.1) is 5.41 Å². The quantitative estimate of drug-likeness (QED) is 0.520. The molecule has 3 N–H and O–H groups in total. The third kappa shape index (κ3) is 0.867. The van der Waals surface area contributed by atoms with Gasteiger partial charge in [0.15, 0.2) is 0 Å². The van der Waals surface area contributed by atoms with Gasteiger partial charge < -0.3 is 10.8 Å². The van der Waals surface area contributed by atoms with Gasteiger partial charge in [0.05, 0.1) is 6.10 Å². The normalized spacial score (nSPS) is 53.4. The molecule has 0 aromatic rings. The third-order valence-corrected chi connectivity index (χ3v) is 3.11. The number of hydrogen-bond acceptors (Lipinski definition) is 2. The summed E-state index contributed by atoms with van der Waals surface area (Å²) in [7, 11) is 0. The lowest BCUT2D eigenvalue weighted by atomic mass is 9.84. The molecule has 0 aromatic heterocycles. The van der Waals surface area contributed by atoms with Gasteiger partial charge in [0.2, 0.25) is 0 Å². The van der Waals surface area contributed by atoms with Crippen molar-refractivity contribution in [1.29, 1.82) is 0 Å². The Bertz CT molecular complexity index is 148. The molecule has 10 heavy (non-hydrogen) atoms. The smallest absolute Gasteiger partial charge is 0.0546 e. The van der Waals surface area contributed by atoms with E-state index in [0.29, 0.717) is 11.5 Å². The van der Waals surface area contributed by atoms with Gasteiger partial charge in [-0.15, -0.1) is 0 Å². The molecule has 0 bridgehead atoms. The highest BCUT2D eigenvalue weighted by atomic mass is 16.3. The first-order valence-corrected chi connectivity index (χ1v) is 4.17. The molecule has 0 aromatic carbocycles. The zero-order valence-electron chi connectivity index (χ0n) is 6.21. The maximum atomic E-state index is 9.35. The first-order valence-electron chi connectivity index (χ1n) is 4.17. The molecule has 58 valence electrons. The van der Waals surface area contributed by atoms with E-state index in [0.717, 1.165) is 19.3 Å². The summed E-state index contributed by atoms with van der Waals surface area (Å²) >= 11 is 0. The predicted molar refractivity (Wildman–Crippen MR) is 39.5 cm³/mol. The summed E-state index contributed by atoms with van der Waals surface area (Å²) in [6.07, 6.45) is 5.49. The number of aliphatic hydroxyl groups is 1. The van der Waals surface area contributed by atoms with Gasteiger partial charge in [-0.1, -0.05) is 6.42 Å². The van der Waals surface area contributed by atoms with Gasteiger partial charge in [0.25, 0.3) is 0 Å². The molecule has 3 unspecified atom stereocenters. The Morgan fingerprint density at radius 1 is 1.40 bits per heavy atom. The van der Waals surface area contributed by atoms with Crippen molar-refractivity contribution in [3.63, 3.8) is 0 Å². The van der Waals surface area contributed by atoms with Crippen LogP contribution in [-0.4, -0.2) is 17.3 Å². The molecule has 0 aliphatic heterocycles. The Kier molecular flexibility index (Phi) is 1.29. The molecule has 1 spiro atoms. The summed E-state index contributed by atoms with van der Waals surface area (Å²) in [6, 6.07) is 0.405. The molecule has 2 fully saturated rings. The minimum absolute atomic E-state index is 0.0534. The van der Waals surface area contributed by atoms with E-state index >= 15 is 0 Å². The van der Waals surface area contributed by atoms with Crippen molar-refractivity contribution in [3.05, 3.63) is 0 Å². The van der Waals surface area contributed by atoms with E-state index in [2.05, 4.69) is 0 Å². The standard InChI is InChI=1S/C8H15NO/c9-7-5-8(7)3-1-2-6(10)4-8/h6-7,10H,1-5,9H2. The molecule has 0 saturated heterocycles. The Morgan fingerprint density at radius 2 is 2.10 bits per heavy atom. The van der Waals surface area contributed by atoms with Crippen LogP contribution in [-0.2, 0) is 0 Å². The number of rotatable bonds is 0. The molecular weight excluding hydrogens is 126 g/mol. The fraction of sp³-hybridized carbons (Fsp3) is 1.00. The van der Waals surface area contributed by atoms with Gasteiger partial charge in [-0.25, -0.2) is 0 Å². The second-order valence-electron chi connectivity index (χ2n) is 3.92. The lowest BCUT2D eigenvalue weighted by molar-refractivity contribution is 0.0907. The zero-order chi connectivity index (χ0) is 7.19. The highest BCUT2D eigenvalue weighted by Gasteiger charge is 2.53. The third-order valence-electron chi connectivity index (χ3n) is 3.11. The van der Waals surface area contributed by atoms with Crippen molar-refractivity contribution < 1.29 is 5.11 Å². The SMILES string of the molecule is NC1CC12CCCC(O)C2. The van der Waals surface area contributed by atoms with Gasteiger partial charge in [-0.3, -0.25) is 0 Å².